The van der Waals surface area contributed by atoms with E-state index in [1.54, 1.807) is 19.5 Å². The van der Waals surface area contributed by atoms with Gasteiger partial charge >= 0.3 is 0 Å². The van der Waals surface area contributed by atoms with Crippen molar-refractivity contribution >= 4 is 48.7 Å². The Morgan fingerprint density at radius 3 is 2.69 bits per heavy atom. The van der Waals surface area contributed by atoms with Gasteiger partial charge in [-0.25, -0.2) is 28.4 Å². The molecule has 1 N–H and O–H groups in total. The van der Waals surface area contributed by atoms with Crippen LogP contribution in [0.4, 0.5) is 16.6 Å². The molecule has 0 spiro atoms. The molecular formula is C25H28N6O3S2. The average molecular weight is 525 g/mol. The first-order valence-electron chi connectivity index (χ1n) is 11.7. The van der Waals surface area contributed by atoms with Crippen LogP contribution in [0, 0.1) is 5.92 Å². The van der Waals surface area contributed by atoms with Gasteiger partial charge < -0.3 is 15.0 Å². The zero-order valence-corrected chi connectivity index (χ0v) is 22.2. The zero-order valence-electron chi connectivity index (χ0n) is 20.6. The number of aromatic nitrogens is 4. The summed E-state index contributed by atoms with van der Waals surface area (Å²) in [6.45, 7) is 5.72. The van der Waals surface area contributed by atoms with E-state index in [9.17, 15) is 8.42 Å². The van der Waals surface area contributed by atoms with Crippen LogP contribution in [0.2, 0.25) is 0 Å². The molecule has 4 aromatic rings. The minimum Gasteiger partial charge on any atom is -0.481 e. The maximum atomic E-state index is 11.7. The monoisotopic (exact) mass is 524 g/mol. The van der Waals surface area contributed by atoms with Crippen molar-refractivity contribution in [1.82, 2.24) is 19.9 Å². The number of thiazole rings is 1. The van der Waals surface area contributed by atoms with E-state index in [4.69, 9.17) is 9.72 Å². The topological polar surface area (TPSA) is 110 Å². The van der Waals surface area contributed by atoms with Gasteiger partial charge in [0.15, 0.2) is 0 Å². The number of pyridine rings is 1. The van der Waals surface area contributed by atoms with Gasteiger partial charge in [-0.05, 0) is 23.6 Å². The first-order chi connectivity index (χ1) is 17.2. The molecule has 1 saturated heterocycles. The molecular weight excluding hydrogens is 496 g/mol. The van der Waals surface area contributed by atoms with E-state index in [1.807, 2.05) is 18.3 Å². The van der Waals surface area contributed by atoms with Crippen LogP contribution in [0.3, 0.4) is 0 Å². The summed E-state index contributed by atoms with van der Waals surface area (Å²) in [6.07, 6.45) is 6.61. The van der Waals surface area contributed by atoms with E-state index < -0.39 is 9.84 Å². The lowest BCUT2D eigenvalue weighted by Gasteiger charge is -2.41. The van der Waals surface area contributed by atoms with Crippen molar-refractivity contribution in [3.8, 4) is 16.5 Å². The van der Waals surface area contributed by atoms with Gasteiger partial charge in [0, 0.05) is 60.4 Å². The fourth-order valence-corrected chi connectivity index (χ4v) is 6.33. The van der Waals surface area contributed by atoms with Crippen LogP contribution in [-0.4, -0.2) is 60.6 Å². The number of rotatable bonds is 8. The molecule has 0 unspecified atom stereocenters. The van der Waals surface area contributed by atoms with Crippen LogP contribution in [0.1, 0.15) is 25.3 Å². The predicted octanol–water partition coefficient (Wildman–Crippen LogP) is 4.50. The summed E-state index contributed by atoms with van der Waals surface area (Å²) in [5.74, 6) is 1.71. The largest absolute Gasteiger partial charge is 0.481 e. The van der Waals surface area contributed by atoms with E-state index >= 15 is 0 Å². The summed E-state index contributed by atoms with van der Waals surface area (Å²) in [6, 6.07) is 7.96. The van der Waals surface area contributed by atoms with Crippen molar-refractivity contribution in [2.75, 3.05) is 42.4 Å². The van der Waals surface area contributed by atoms with Crippen LogP contribution < -0.4 is 15.0 Å². The third-order valence-electron chi connectivity index (χ3n) is 6.15. The number of hydrogen-bond donors (Lipinski definition) is 1. The second kappa shape index (κ2) is 9.62. The molecule has 36 heavy (non-hydrogen) atoms. The highest BCUT2D eigenvalue weighted by Gasteiger charge is 2.31. The van der Waals surface area contributed by atoms with Gasteiger partial charge in [0.25, 0.3) is 0 Å². The molecule has 0 amide bonds. The molecule has 188 valence electrons. The van der Waals surface area contributed by atoms with Gasteiger partial charge in [0.05, 0.1) is 24.6 Å². The zero-order chi connectivity index (χ0) is 25.4. The van der Waals surface area contributed by atoms with Gasteiger partial charge in [-0.3, -0.25) is 0 Å². The number of fused-ring (bicyclic) bond motifs is 1. The van der Waals surface area contributed by atoms with E-state index in [0.29, 0.717) is 24.9 Å². The number of hydrogen-bond acceptors (Lipinski definition) is 10. The lowest BCUT2D eigenvalue weighted by Crippen LogP contribution is -2.49. The van der Waals surface area contributed by atoms with Gasteiger partial charge in [-0.1, -0.05) is 31.3 Å². The Labute approximate surface area is 214 Å². The number of sulfone groups is 1. The Balaban J connectivity index is 1.41. The number of methoxy groups -OCH3 is 1. The maximum Gasteiger partial charge on any atom is 0.228 e. The van der Waals surface area contributed by atoms with Crippen LogP contribution in [0.5, 0.6) is 5.88 Å². The third kappa shape index (κ3) is 5.12. The lowest BCUT2D eigenvalue weighted by atomic mass is 9.96. The Morgan fingerprint density at radius 2 is 1.97 bits per heavy atom. The number of ether oxygens (including phenoxy) is 1. The highest BCUT2D eigenvalue weighted by atomic mass is 32.2. The molecule has 1 aromatic carbocycles. The Bertz CT molecular complexity index is 1510. The smallest absolute Gasteiger partial charge is 0.228 e. The van der Waals surface area contributed by atoms with E-state index in [-0.39, 0.29) is 17.6 Å². The van der Waals surface area contributed by atoms with Crippen molar-refractivity contribution in [3.63, 3.8) is 0 Å². The second-order valence-corrected chi connectivity index (χ2v) is 12.6. The minimum atomic E-state index is -2.98. The number of anilines is 3. The fourth-order valence-electron chi connectivity index (χ4n) is 4.46. The Hall–Kier alpha value is -3.31. The molecule has 1 aliphatic heterocycles. The molecule has 0 saturated carbocycles. The van der Waals surface area contributed by atoms with Crippen LogP contribution in [0.15, 0.2) is 42.9 Å². The Kier molecular flexibility index (Phi) is 6.52. The number of nitrogens with one attached hydrogen (secondary N) is 1. The highest BCUT2D eigenvalue weighted by molar-refractivity contribution is 7.90. The van der Waals surface area contributed by atoms with E-state index in [2.05, 4.69) is 51.1 Å². The SMILES string of the molecule is COc1cc(-c2ncc(Nc3ncc4c(N5CC(CS(C)(=O)=O)C5)ccc(C(C)C)c4n3)s2)ccn1. The molecule has 4 heterocycles. The van der Waals surface area contributed by atoms with Gasteiger partial charge in [0.1, 0.15) is 19.8 Å². The standard InChI is InChI=1S/C25H28N6O3S2/c1-15(2)18-5-6-20(31-12-16(13-31)14-36(4,32)33)19-10-28-25(30-23(18)19)29-22-11-27-24(35-22)17-7-8-26-21(9-17)34-3/h5-11,15-16H,12-14H2,1-4H3,(H,28,29,30). The molecule has 5 rings (SSSR count). The highest BCUT2D eigenvalue weighted by Crippen LogP contribution is 2.36. The van der Waals surface area contributed by atoms with Crippen molar-refractivity contribution in [2.24, 2.45) is 5.92 Å². The first kappa shape index (κ1) is 24.4. The van der Waals surface area contributed by atoms with Crippen molar-refractivity contribution in [3.05, 3.63) is 48.4 Å². The summed E-state index contributed by atoms with van der Waals surface area (Å²) < 4.78 is 28.5. The molecule has 1 fully saturated rings. The molecule has 1 aliphatic rings. The third-order valence-corrected chi connectivity index (χ3v) is 8.19. The fraction of sp³-hybridized carbons (Fsp3) is 0.360. The van der Waals surface area contributed by atoms with Crippen molar-refractivity contribution in [1.29, 1.82) is 0 Å². The van der Waals surface area contributed by atoms with Gasteiger partial charge in [-0.2, -0.15) is 0 Å². The number of benzene rings is 1. The van der Waals surface area contributed by atoms with Gasteiger partial charge in [-0.15, -0.1) is 0 Å². The van der Waals surface area contributed by atoms with Crippen LogP contribution >= 0.6 is 11.3 Å². The summed E-state index contributed by atoms with van der Waals surface area (Å²) in [5, 5.41) is 5.93. The normalized spacial score (nSPS) is 14.3. The van der Waals surface area contributed by atoms with Crippen LogP contribution in [0.25, 0.3) is 21.5 Å². The molecule has 0 aliphatic carbocycles. The van der Waals surface area contributed by atoms with Crippen molar-refractivity contribution < 1.29 is 13.2 Å². The Morgan fingerprint density at radius 1 is 1.17 bits per heavy atom. The molecule has 0 atom stereocenters. The maximum absolute atomic E-state index is 11.7. The van der Waals surface area contributed by atoms with Gasteiger partial charge in [0.2, 0.25) is 11.8 Å². The van der Waals surface area contributed by atoms with E-state index in [1.165, 1.54) is 17.6 Å². The molecule has 0 bridgehead atoms. The summed E-state index contributed by atoms with van der Waals surface area (Å²) in [7, 11) is -1.39. The lowest BCUT2D eigenvalue weighted by molar-refractivity contribution is 0.398. The molecule has 3 aromatic heterocycles. The number of nitrogens with zero attached hydrogens (tertiary/aromatic N) is 5. The molecule has 9 nitrogen and oxygen atoms in total. The second-order valence-electron chi connectivity index (χ2n) is 9.39. The summed E-state index contributed by atoms with van der Waals surface area (Å²) in [4.78, 5) is 20.4. The summed E-state index contributed by atoms with van der Waals surface area (Å²) in [5.41, 5.74) is 4.00. The summed E-state index contributed by atoms with van der Waals surface area (Å²) >= 11 is 1.50. The van der Waals surface area contributed by atoms with Crippen LogP contribution in [-0.2, 0) is 9.84 Å². The predicted molar refractivity (Wildman–Crippen MR) is 144 cm³/mol. The first-order valence-corrected chi connectivity index (χ1v) is 14.5. The molecule has 11 heteroatoms. The molecule has 0 radical (unpaired) electrons. The van der Waals surface area contributed by atoms with E-state index in [0.717, 1.165) is 37.7 Å². The quantitative estimate of drug-likeness (QED) is 0.356. The van der Waals surface area contributed by atoms with Crippen molar-refractivity contribution in [2.45, 2.75) is 19.8 Å². The average Bonchev–Trinajstić information content (AvgIpc) is 3.28. The minimum absolute atomic E-state index is 0.155.